The van der Waals surface area contributed by atoms with Gasteiger partial charge in [-0.05, 0) is 72.8 Å². The molecule has 0 amide bonds. The van der Waals surface area contributed by atoms with Crippen LogP contribution in [0.15, 0.2) is 48.5 Å². The van der Waals surface area contributed by atoms with Crippen LogP contribution < -0.4 is 0 Å². The second kappa shape index (κ2) is 9.01. The zero-order valence-corrected chi connectivity index (χ0v) is 15.9. The fourth-order valence-electron chi connectivity index (χ4n) is 3.72. The normalized spacial score (nSPS) is 20.1. The number of hydrogen-bond acceptors (Lipinski definition) is 2. The van der Waals surface area contributed by atoms with Crippen LogP contribution in [0.2, 0.25) is 0 Å². The van der Waals surface area contributed by atoms with Crippen LogP contribution in [-0.2, 0) is 4.74 Å². The number of benzene rings is 2. The lowest BCUT2D eigenvalue weighted by atomic mass is 9.82. The highest BCUT2D eigenvalue weighted by Gasteiger charge is 2.22. The van der Waals surface area contributed by atoms with Gasteiger partial charge in [-0.2, -0.15) is 5.26 Å². The van der Waals surface area contributed by atoms with Crippen LogP contribution in [0.1, 0.15) is 63.0 Å². The van der Waals surface area contributed by atoms with Crippen molar-refractivity contribution in [3.63, 3.8) is 0 Å². The van der Waals surface area contributed by atoms with Gasteiger partial charge >= 0.3 is 0 Å². The summed E-state index contributed by atoms with van der Waals surface area (Å²) in [6, 6.07) is 18.9. The molecule has 2 aromatic rings. The van der Waals surface area contributed by atoms with E-state index in [1.807, 2.05) is 24.3 Å². The Morgan fingerprint density at radius 1 is 0.923 bits per heavy atom. The summed E-state index contributed by atoms with van der Waals surface area (Å²) in [6.45, 7) is 5.41. The van der Waals surface area contributed by atoms with Crippen molar-refractivity contribution >= 4 is 0 Å². The molecule has 2 heteroatoms. The Morgan fingerprint density at radius 2 is 1.50 bits per heavy atom. The number of hydrogen-bond donors (Lipinski definition) is 0. The van der Waals surface area contributed by atoms with E-state index < -0.39 is 0 Å². The van der Waals surface area contributed by atoms with E-state index in [-0.39, 0.29) is 0 Å². The maximum absolute atomic E-state index is 8.91. The van der Waals surface area contributed by atoms with Gasteiger partial charge in [0, 0.05) is 6.61 Å². The van der Waals surface area contributed by atoms with Gasteiger partial charge in [0.25, 0.3) is 0 Å². The molecule has 1 fully saturated rings. The summed E-state index contributed by atoms with van der Waals surface area (Å²) in [5.74, 6) is 1.39. The Hall–Kier alpha value is -2.11. The molecule has 26 heavy (non-hydrogen) atoms. The minimum atomic E-state index is 0.461. The number of ether oxygens (including phenoxy) is 1. The largest absolute Gasteiger partial charge is 0.378 e. The SMILES string of the molecule is CC(C)CCO[C@H]1CC[C@H](c2ccc(-c3ccc(C#N)cc3)cc2)CC1. The van der Waals surface area contributed by atoms with Crippen LogP contribution in [0.3, 0.4) is 0 Å². The third-order valence-electron chi connectivity index (χ3n) is 5.45. The molecular weight excluding hydrogens is 318 g/mol. The lowest BCUT2D eigenvalue weighted by molar-refractivity contribution is 0.0194. The number of nitriles is 1. The summed E-state index contributed by atoms with van der Waals surface area (Å²) in [6.07, 6.45) is 6.44. The molecule has 0 aliphatic heterocycles. The van der Waals surface area contributed by atoms with Gasteiger partial charge in [-0.3, -0.25) is 0 Å². The van der Waals surface area contributed by atoms with E-state index in [9.17, 15) is 0 Å². The molecule has 0 heterocycles. The van der Waals surface area contributed by atoms with Gasteiger partial charge in [0.15, 0.2) is 0 Å². The Balaban J connectivity index is 1.54. The maximum Gasteiger partial charge on any atom is 0.0991 e. The standard InChI is InChI=1S/C24H29NO/c1-18(2)15-16-26-24-13-11-23(12-14-24)22-9-7-21(8-10-22)20-5-3-19(17-25)4-6-20/h3-10,18,23-24H,11-16H2,1-2H3/t23-,24-. The molecule has 0 aromatic heterocycles. The predicted octanol–water partition coefficient (Wildman–Crippen LogP) is 6.31. The predicted molar refractivity (Wildman–Crippen MR) is 107 cm³/mol. The number of nitrogens with zero attached hydrogens (tertiary/aromatic N) is 1. The fourth-order valence-corrected chi connectivity index (χ4v) is 3.72. The monoisotopic (exact) mass is 347 g/mol. The molecule has 0 spiro atoms. The highest BCUT2D eigenvalue weighted by atomic mass is 16.5. The lowest BCUT2D eigenvalue weighted by Gasteiger charge is -2.29. The highest BCUT2D eigenvalue weighted by molar-refractivity contribution is 5.64. The first-order valence-corrected chi connectivity index (χ1v) is 9.88. The molecule has 0 bridgehead atoms. The molecule has 2 nitrogen and oxygen atoms in total. The molecule has 0 saturated heterocycles. The zero-order chi connectivity index (χ0) is 18.4. The van der Waals surface area contributed by atoms with Gasteiger partial charge in [0.05, 0.1) is 17.7 Å². The first kappa shape index (κ1) is 18.7. The summed E-state index contributed by atoms with van der Waals surface area (Å²) >= 11 is 0. The topological polar surface area (TPSA) is 33.0 Å². The van der Waals surface area contributed by atoms with E-state index in [1.54, 1.807) is 0 Å². The fraction of sp³-hybridized carbons (Fsp3) is 0.458. The molecule has 0 atom stereocenters. The molecule has 1 aliphatic carbocycles. The van der Waals surface area contributed by atoms with Crippen molar-refractivity contribution in [1.29, 1.82) is 5.26 Å². The van der Waals surface area contributed by atoms with Crippen molar-refractivity contribution < 1.29 is 4.74 Å². The Bertz CT molecular complexity index is 716. The lowest BCUT2D eigenvalue weighted by Crippen LogP contribution is -2.21. The van der Waals surface area contributed by atoms with Crippen molar-refractivity contribution in [2.24, 2.45) is 5.92 Å². The van der Waals surface area contributed by atoms with Crippen molar-refractivity contribution in [3.8, 4) is 17.2 Å². The second-order valence-electron chi connectivity index (χ2n) is 7.84. The zero-order valence-electron chi connectivity index (χ0n) is 15.9. The van der Waals surface area contributed by atoms with Gasteiger partial charge < -0.3 is 4.74 Å². The van der Waals surface area contributed by atoms with Gasteiger partial charge in [-0.25, -0.2) is 0 Å². The second-order valence-corrected chi connectivity index (χ2v) is 7.84. The minimum Gasteiger partial charge on any atom is -0.378 e. The van der Waals surface area contributed by atoms with Crippen LogP contribution >= 0.6 is 0 Å². The highest BCUT2D eigenvalue weighted by Crippen LogP contribution is 2.35. The third-order valence-corrected chi connectivity index (χ3v) is 5.45. The summed E-state index contributed by atoms with van der Waals surface area (Å²) in [5.41, 5.74) is 4.53. The molecule has 0 N–H and O–H groups in total. The van der Waals surface area contributed by atoms with E-state index >= 15 is 0 Å². The van der Waals surface area contributed by atoms with Gasteiger partial charge in [-0.15, -0.1) is 0 Å². The van der Waals surface area contributed by atoms with Crippen molar-refractivity contribution in [1.82, 2.24) is 0 Å². The van der Waals surface area contributed by atoms with Gasteiger partial charge in [0.2, 0.25) is 0 Å². The van der Waals surface area contributed by atoms with Crippen LogP contribution in [0.4, 0.5) is 0 Å². The smallest absolute Gasteiger partial charge is 0.0991 e. The Kier molecular flexibility index (Phi) is 6.47. The molecule has 1 saturated carbocycles. The van der Waals surface area contributed by atoms with Crippen LogP contribution in [-0.4, -0.2) is 12.7 Å². The molecule has 2 aromatic carbocycles. The molecule has 3 rings (SSSR count). The van der Waals surface area contributed by atoms with E-state index in [4.69, 9.17) is 10.00 Å². The van der Waals surface area contributed by atoms with Crippen LogP contribution in [0.25, 0.3) is 11.1 Å². The molecule has 0 unspecified atom stereocenters. The summed E-state index contributed by atoms with van der Waals surface area (Å²) in [5, 5.41) is 8.91. The maximum atomic E-state index is 8.91. The molecule has 0 radical (unpaired) electrons. The van der Waals surface area contributed by atoms with Gasteiger partial charge in [0.1, 0.15) is 0 Å². The van der Waals surface area contributed by atoms with E-state index in [0.717, 1.165) is 24.5 Å². The first-order chi connectivity index (χ1) is 12.7. The van der Waals surface area contributed by atoms with Crippen LogP contribution in [0, 0.1) is 17.2 Å². The Labute approximate surface area is 157 Å². The average molecular weight is 348 g/mol. The molecular formula is C24H29NO. The summed E-state index contributed by atoms with van der Waals surface area (Å²) < 4.78 is 6.05. The third kappa shape index (κ3) is 4.96. The molecule has 1 aliphatic rings. The average Bonchev–Trinajstić information content (AvgIpc) is 2.68. The summed E-state index contributed by atoms with van der Waals surface area (Å²) in [7, 11) is 0. The quantitative estimate of drug-likeness (QED) is 0.613. The van der Waals surface area contributed by atoms with Crippen LogP contribution in [0.5, 0.6) is 0 Å². The van der Waals surface area contributed by atoms with E-state index in [2.05, 4.69) is 44.2 Å². The van der Waals surface area contributed by atoms with Gasteiger partial charge in [-0.1, -0.05) is 50.2 Å². The van der Waals surface area contributed by atoms with E-state index in [0.29, 0.717) is 17.6 Å². The summed E-state index contributed by atoms with van der Waals surface area (Å²) in [4.78, 5) is 0. The Morgan fingerprint density at radius 3 is 2.04 bits per heavy atom. The number of rotatable bonds is 6. The minimum absolute atomic E-state index is 0.461. The molecule has 136 valence electrons. The van der Waals surface area contributed by atoms with E-state index in [1.165, 1.54) is 36.8 Å². The van der Waals surface area contributed by atoms with Crippen molar-refractivity contribution in [2.75, 3.05) is 6.61 Å². The first-order valence-electron chi connectivity index (χ1n) is 9.88. The van der Waals surface area contributed by atoms with Crippen molar-refractivity contribution in [2.45, 2.75) is 58.0 Å². The van der Waals surface area contributed by atoms with Crippen molar-refractivity contribution in [3.05, 3.63) is 59.7 Å².